The van der Waals surface area contributed by atoms with Crippen molar-refractivity contribution in [2.75, 3.05) is 5.75 Å². The third-order valence-electron chi connectivity index (χ3n) is 3.68. The molecule has 1 aliphatic rings. The van der Waals surface area contributed by atoms with Crippen LogP contribution in [-0.4, -0.2) is 11.8 Å². The van der Waals surface area contributed by atoms with E-state index in [4.69, 9.17) is 5.73 Å². The minimum absolute atomic E-state index is 0.406. The molecule has 1 aromatic rings. The third-order valence-corrected chi connectivity index (χ3v) is 4.84. The van der Waals surface area contributed by atoms with E-state index in [-0.39, 0.29) is 0 Å². The maximum atomic E-state index is 6.29. The fourth-order valence-electron chi connectivity index (χ4n) is 2.59. The highest BCUT2D eigenvalue weighted by molar-refractivity contribution is 7.98. The molecule has 0 bridgehead atoms. The lowest BCUT2D eigenvalue weighted by Crippen LogP contribution is -2.33. The SMILES string of the molecule is NC(CSCc1ccccc1)C1CCCCC1. The van der Waals surface area contributed by atoms with E-state index in [9.17, 15) is 0 Å². The van der Waals surface area contributed by atoms with Gasteiger partial charge in [0.05, 0.1) is 0 Å². The number of rotatable bonds is 5. The van der Waals surface area contributed by atoms with Crippen molar-refractivity contribution in [2.24, 2.45) is 11.7 Å². The predicted molar refractivity (Wildman–Crippen MR) is 77.2 cm³/mol. The summed E-state index contributed by atoms with van der Waals surface area (Å²) in [5, 5.41) is 0. The van der Waals surface area contributed by atoms with Gasteiger partial charge in [-0.2, -0.15) is 11.8 Å². The quantitative estimate of drug-likeness (QED) is 0.858. The maximum absolute atomic E-state index is 6.29. The van der Waals surface area contributed by atoms with E-state index in [0.29, 0.717) is 6.04 Å². The Morgan fingerprint density at radius 2 is 1.82 bits per heavy atom. The Bertz CT molecular complexity index is 306. The van der Waals surface area contributed by atoms with Gasteiger partial charge in [0, 0.05) is 17.5 Å². The van der Waals surface area contributed by atoms with E-state index >= 15 is 0 Å². The second-order valence-electron chi connectivity index (χ2n) is 5.06. The zero-order valence-corrected chi connectivity index (χ0v) is 11.3. The van der Waals surface area contributed by atoms with Gasteiger partial charge in [0.25, 0.3) is 0 Å². The maximum Gasteiger partial charge on any atom is 0.0185 e. The van der Waals surface area contributed by atoms with Crippen molar-refractivity contribution in [3.8, 4) is 0 Å². The average molecular weight is 249 g/mol. The molecule has 1 atom stereocenters. The average Bonchev–Trinajstić information content (AvgIpc) is 2.41. The molecule has 2 N–H and O–H groups in total. The van der Waals surface area contributed by atoms with Gasteiger partial charge >= 0.3 is 0 Å². The van der Waals surface area contributed by atoms with E-state index in [1.807, 2.05) is 11.8 Å². The Morgan fingerprint density at radius 3 is 2.53 bits per heavy atom. The highest BCUT2D eigenvalue weighted by Crippen LogP contribution is 2.27. The molecule has 94 valence electrons. The molecule has 1 fully saturated rings. The molecule has 0 radical (unpaired) electrons. The molecule has 0 spiro atoms. The van der Waals surface area contributed by atoms with E-state index in [2.05, 4.69) is 30.3 Å². The molecule has 1 aromatic carbocycles. The summed E-state index contributed by atoms with van der Waals surface area (Å²) >= 11 is 1.98. The van der Waals surface area contributed by atoms with Crippen LogP contribution < -0.4 is 5.73 Å². The molecule has 1 unspecified atom stereocenters. The van der Waals surface area contributed by atoms with E-state index in [1.54, 1.807) is 0 Å². The van der Waals surface area contributed by atoms with Crippen LogP contribution in [-0.2, 0) is 5.75 Å². The van der Waals surface area contributed by atoms with Crippen molar-refractivity contribution in [1.29, 1.82) is 0 Å². The summed E-state index contributed by atoms with van der Waals surface area (Å²) in [4.78, 5) is 0. The van der Waals surface area contributed by atoms with Gasteiger partial charge < -0.3 is 5.73 Å². The fourth-order valence-corrected chi connectivity index (χ4v) is 3.68. The molecule has 17 heavy (non-hydrogen) atoms. The molecule has 1 nitrogen and oxygen atoms in total. The molecule has 2 rings (SSSR count). The van der Waals surface area contributed by atoms with Crippen LogP contribution >= 0.6 is 11.8 Å². The first-order chi connectivity index (χ1) is 8.36. The third kappa shape index (κ3) is 4.36. The van der Waals surface area contributed by atoms with Gasteiger partial charge in [-0.25, -0.2) is 0 Å². The predicted octanol–water partition coefficient (Wildman–Crippen LogP) is 3.83. The van der Waals surface area contributed by atoms with Crippen molar-refractivity contribution in [3.63, 3.8) is 0 Å². The first-order valence-corrected chi connectivity index (χ1v) is 7.89. The molecule has 1 saturated carbocycles. The largest absolute Gasteiger partial charge is 0.327 e. The van der Waals surface area contributed by atoms with Gasteiger partial charge in [0.15, 0.2) is 0 Å². The standard InChI is InChI=1S/C15H23NS/c16-15(14-9-5-2-6-10-14)12-17-11-13-7-3-1-4-8-13/h1,3-4,7-8,14-15H,2,5-6,9-12,16H2. The molecule has 0 aliphatic heterocycles. The molecule has 1 aliphatic carbocycles. The molecular weight excluding hydrogens is 226 g/mol. The Balaban J connectivity index is 1.67. The monoisotopic (exact) mass is 249 g/mol. The van der Waals surface area contributed by atoms with Crippen LogP contribution in [0.3, 0.4) is 0 Å². The normalized spacial score (nSPS) is 19.1. The fraction of sp³-hybridized carbons (Fsp3) is 0.600. The summed E-state index contributed by atoms with van der Waals surface area (Å²) in [6, 6.07) is 11.1. The van der Waals surface area contributed by atoms with Crippen LogP contribution in [0, 0.1) is 5.92 Å². The van der Waals surface area contributed by atoms with Crippen molar-refractivity contribution >= 4 is 11.8 Å². The van der Waals surface area contributed by atoms with Gasteiger partial charge in [-0.05, 0) is 24.3 Å². The second kappa shape index (κ2) is 7.07. The second-order valence-corrected chi connectivity index (χ2v) is 6.09. The highest BCUT2D eigenvalue weighted by Gasteiger charge is 2.20. The van der Waals surface area contributed by atoms with Crippen molar-refractivity contribution < 1.29 is 0 Å². The van der Waals surface area contributed by atoms with Crippen molar-refractivity contribution in [2.45, 2.75) is 43.9 Å². The molecular formula is C15H23NS. The zero-order valence-electron chi connectivity index (χ0n) is 10.5. The molecule has 0 heterocycles. The Morgan fingerprint density at radius 1 is 1.12 bits per heavy atom. The number of thioether (sulfide) groups is 1. The highest BCUT2D eigenvalue weighted by atomic mass is 32.2. The van der Waals surface area contributed by atoms with Crippen molar-refractivity contribution in [1.82, 2.24) is 0 Å². The first-order valence-electron chi connectivity index (χ1n) is 6.73. The zero-order chi connectivity index (χ0) is 11.9. The Kier molecular flexibility index (Phi) is 5.40. The van der Waals surface area contributed by atoms with E-state index in [1.165, 1.54) is 37.7 Å². The smallest absolute Gasteiger partial charge is 0.0185 e. The molecule has 0 amide bonds. The molecule has 0 saturated heterocycles. The van der Waals surface area contributed by atoms with E-state index < -0.39 is 0 Å². The van der Waals surface area contributed by atoms with Crippen LogP contribution in [0.5, 0.6) is 0 Å². The van der Waals surface area contributed by atoms with Crippen LogP contribution in [0.25, 0.3) is 0 Å². The number of benzene rings is 1. The van der Waals surface area contributed by atoms with Crippen molar-refractivity contribution in [3.05, 3.63) is 35.9 Å². The summed E-state index contributed by atoms with van der Waals surface area (Å²) in [7, 11) is 0. The Labute approximate surface area is 109 Å². The lowest BCUT2D eigenvalue weighted by atomic mass is 9.85. The first kappa shape index (κ1) is 13.0. The molecule has 0 aromatic heterocycles. The lowest BCUT2D eigenvalue weighted by molar-refractivity contribution is 0.319. The van der Waals surface area contributed by atoms with Crippen LogP contribution in [0.1, 0.15) is 37.7 Å². The van der Waals surface area contributed by atoms with Gasteiger partial charge in [-0.1, -0.05) is 49.6 Å². The van der Waals surface area contributed by atoms with Crippen LogP contribution in [0.15, 0.2) is 30.3 Å². The number of nitrogens with two attached hydrogens (primary N) is 1. The van der Waals surface area contributed by atoms with Crippen LogP contribution in [0.2, 0.25) is 0 Å². The summed E-state index contributed by atoms with van der Waals surface area (Å²) in [5.74, 6) is 2.99. The van der Waals surface area contributed by atoms with Crippen LogP contribution in [0.4, 0.5) is 0 Å². The number of hydrogen-bond donors (Lipinski definition) is 1. The Hall–Kier alpha value is -0.470. The lowest BCUT2D eigenvalue weighted by Gasteiger charge is -2.27. The van der Waals surface area contributed by atoms with E-state index in [0.717, 1.165) is 17.4 Å². The minimum atomic E-state index is 0.406. The minimum Gasteiger partial charge on any atom is -0.327 e. The number of hydrogen-bond acceptors (Lipinski definition) is 2. The van der Waals surface area contributed by atoms with Gasteiger partial charge in [0.2, 0.25) is 0 Å². The van der Waals surface area contributed by atoms with Gasteiger partial charge in [-0.15, -0.1) is 0 Å². The summed E-state index contributed by atoms with van der Waals surface area (Å²) in [6.45, 7) is 0. The summed E-state index contributed by atoms with van der Waals surface area (Å²) < 4.78 is 0. The van der Waals surface area contributed by atoms with Gasteiger partial charge in [0.1, 0.15) is 0 Å². The molecule has 2 heteroatoms. The topological polar surface area (TPSA) is 26.0 Å². The van der Waals surface area contributed by atoms with Gasteiger partial charge in [-0.3, -0.25) is 0 Å². The summed E-state index contributed by atoms with van der Waals surface area (Å²) in [5.41, 5.74) is 7.70. The summed E-state index contributed by atoms with van der Waals surface area (Å²) in [6.07, 6.45) is 6.91.